The number of aromatic nitrogens is 2. The molecule has 2 heterocycles. The molecule has 162 valence electrons. The molecule has 1 aromatic heterocycles. The second-order valence-electron chi connectivity index (χ2n) is 7.91. The van der Waals surface area contributed by atoms with E-state index in [2.05, 4.69) is 25.5 Å². The Kier molecular flexibility index (Phi) is 7.84. The summed E-state index contributed by atoms with van der Waals surface area (Å²) >= 11 is 0. The number of para-hydroxylation sites is 1. The zero-order valence-corrected chi connectivity index (χ0v) is 17.6. The van der Waals surface area contributed by atoms with Crippen LogP contribution in [0.4, 0.5) is 22.1 Å². The molecule has 3 rings (SSSR count). The Morgan fingerprint density at radius 3 is 2.67 bits per heavy atom. The molecule has 0 bridgehead atoms. The summed E-state index contributed by atoms with van der Waals surface area (Å²) < 4.78 is 0. The van der Waals surface area contributed by atoms with Crippen LogP contribution in [0.5, 0.6) is 0 Å². The number of amides is 2. The molecule has 2 aromatic rings. The zero-order valence-electron chi connectivity index (χ0n) is 17.6. The van der Waals surface area contributed by atoms with Gasteiger partial charge < -0.3 is 16.0 Å². The standard InChI is InChI=1S/C22H32N6O2/c1-16-7-4-5-9-18(16)25-22(30)27-21-24-15-19(20(29)26-21)28-13-10-17(11-14-28)8-3-2-6-12-23/h4-5,7,9,15,17H,2-3,6,8,10-14,23H2,1H3,(H3,24,25,26,27,29,30). The average Bonchev–Trinajstić information content (AvgIpc) is 2.74. The molecule has 1 aliphatic heterocycles. The van der Waals surface area contributed by atoms with Gasteiger partial charge in [0, 0.05) is 18.8 Å². The van der Waals surface area contributed by atoms with Crippen molar-refractivity contribution in [3.05, 3.63) is 46.4 Å². The van der Waals surface area contributed by atoms with E-state index >= 15 is 0 Å². The van der Waals surface area contributed by atoms with Gasteiger partial charge >= 0.3 is 6.03 Å². The Labute approximate surface area is 177 Å². The first-order chi connectivity index (χ1) is 14.6. The third-order valence-electron chi connectivity index (χ3n) is 5.68. The number of urea groups is 1. The second-order valence-corrected chi connectivity index (χ2v) is 7.91. The van der Waals surface area contributed by atoms with Crippen molar-refractivity contribution in [1.82, 2.24) is 9.97 Å². The summed E-state index contributed by atoms with van der Waals surface area (Å²) in [5.41, 5.74) is 7.53. The van der Waals surface area contributed by atoms with Crippen LogP contribution in [0.15, 0.2) is 35.3 Å². The smallest absolute Gasteiger partial charge is 0.326 e. The van der Waals surface area contributed by atoms with Gasteiger partial charge in [0.05, 0.1) is 6.20 Å². The highest BCUT2D eigenvalue weighted by molar-refractivity contribution is 5.99. The minimum absolute atomic E-state index is 0.129. The zero-order chi connectivity index (χ0) is 21.3. The van der Waals surface area contributed by atoms with E-state index in [1.165, 1.54) is 19.3 Å². The maximum absolute atomic E-state index is 12.5. The minimum Gasteiger partial charge on any atom is -0.366 e. The van der Waals surface area contributed by atoms with Gasteiger partial charge in [0.1, 0.15) is 5.69 Å². The highest BCUT2D eigenvalue weighted by Gasteiger charge is 2.21. The number of carbonyl (C=O) groups excluding carboxylic acids is 1. The minimum atomic E-state index is -0.448. The largest absolute Gasteiger partial charge is 0.366 e. The van der Waals surface area contributed by atoms with Crippen LogP contribution in [0, 0.1) is 12.8 Å². The van der Waals surface area contributed by atoms with E-state index in [9.17, 15) is 9.59 Å². The molecule has 8 heteroatoms. The molecule has 0 spiro atoms. The molecule has 0 radical (unpaired) electrons. The van der Waals surface area contributed by atoms with Crippen LogP contribution in [-0.4, -0.2) is 35.6 Å². The lowest BCUT2D eigenvalue weighted by atomic mass is 9.91. The van der Waals surface area contributed by atoms with Gasteiger partial charge in [-0.1, -0.05) is 37.5 Å². The van der Waals surface area contributed by atoms with Crippen LogP contribution in [0.2, 0.25) is 0 Å². The normalized spacial score (nSPS) is 14.5. The molecular weight excluding hydrogens is 380 g/mol. The van der Waals surface area contributed by atoms with E-state index in [0.717, 1.165) is 50.4 Å². The van der Waals surface area contributed by atoms with Crippen LogP contribution in [0.1, 0.15) is 44.1 Å². The van der Waals surface area contributed by atoms with Crippen molar-refractivity contribution < 1.29 is 4.79 Å². The number of H-pyrrole nitrogens is 1. The summed E-state index contributed by atoms with van der Waals surface area (Å²) in [6.45, 7) is 4.39. The van der Waals surface area contributed by atoms with Crippen molar-refractivity contribution in [3.63, 3.8) is 0 Å². The van der Waals surface area contributed by atoms with Crippen LogP contribution in [0.3, 0.4) is 0 Å². The lowest BCUT2D eigenvalue weighted by Crippen LogP contribution is -2.37. The van der Waals surface area contributed by atoms with Gasteiger partial charge in [-0.25, -0.2) is 9.78 Å². The van der Waals surface area contributed by atoms with Crippen LogP contribution in [-0.2, 0) is 0 Å². The summed E-state index contributed by atoms with van der Waals surface area (Å²) in [5.74, 6) is 0.849. The van der Waals surface area contributed by atoms with Crippen molar-refractivity contribution in [2.24, 2.45) is 11.7 Å². The molecule has 1 saturated heterocycles. The number of hydrogen-bond acceptors (Lipinski definition) is 5. The topological polar surface area (TPSA) is 116 Å². The van der Waals surface area contributed by atoms with Gasteiger partial charge in [-0.05, 0) is 50.3 Å². The average molecular weight is 413 g/mol. The fourth-order valence-electron chi connectivity index (χ4n) is 3.87. The molecule has 0 aliphatic carbocycles. The number of piperidine rings is 1. The first-order valence-corrected chi connectivity index (χ1v) is 10.7. The maximum atomic E-state index is 12.5. The predicted molar refractivity (Wildman–Crippen MR) is 121 cm³/mol. The van der Waals surface area contributed by atoms with E-state index in [1.807, 2.05) is 31.2 Å². The second kappa shape index (κ2) is 10.8. The van der Waals surface area contributed by atoms with E-state index in [1.54, 1.807) is 6.20 Å². The third kappa shape index (κ3) is 6.06. The molecule has 0 atom stereocenters. The van der Waals surface area contributed by atoms with Gasteiger partial charge in [0.25, 0.3) is 5.56 Å². The lowest BCUT2D eigenvalue weighted by molar-refractivity contribution is 0.262. The molecule has 1 aromatic carbocycles. The van der Waals surface area contributed by atoms with Gasteiger partial charge in [0.15, 0.2) is 0 Å². The number of nitrogens with zero attached hydrogens (tertiary/aromatic N) is 2. The highest BCUT2D eigenvalue weighted by atomic mass is 16.2. The third-order valence-corrected chi connectivity index (χ3v) is 5.68. The molecule has 0 saturated carbocycles. The number of nitrogens with one attached hydrogen (secondary N) is 3. The number of nitrogens with two attached hydrogens (primary N) is 1. The molecule has 2 amide bonds. The maximum Gasteiger partial charge on any atom is 0.326 e. The van der Waals surface area contributed by atoms with Crippen molar-refractivity contribution in [1.29, 1.82) is 0 Å². The number of aryl methyl sites for hydroxylation is 1. The molecule has 0 unspecified atom stereocenters. The number of aromatic amines is 1. The van der Waals surface area contributed by atoms with E-state index in [-0.39, 0.29) is 11.5 Å². The van der Waals surface area contributed by atoms with E-state index in [4.69, 9.17) is 5.73 Å². The first-order valence-electron chi connectivity index (χ1n) is 10.7. The molecule has 1 aliphatic rings. The van der Waals surface area contributed by atoms with E-state index in [0.29, 0.717) is 11.4 Å². The summed E-state index contributed by atoms with van der Waals surface area (Å²) in [6.07, 6.45) is 8.48. The fraction of sp³-hybridized carbons (Fsp3) is 0.500. The van der Waals surface area contributed by atoms with Crippen molar-refractivity contribution in [2.45, 2.75) is 45.4 Å². The summed E-state index contributed by atoms with van der Waals surface area (Å²) in [7, 11) is 0. The lowest BCUT2D eigenvalue weighted by Gasteiger charge is -2.32. The Morgan fingerprint density at radius 2 is 1.97 bits per heavy atom. The number of hydrogen-bond donors (Lipinski definition) is 4. The van der Waals surface area contributed by atoms with Crippen molar-refractivity contribution >= 4 is 23.4 Å². The Morgan fingerprint density at radius 1 is 1.20 bits per heavy atom. The van der Waals surface area contributed by atoms with Gasteiger partial charge in [-0.15, -0.1) is 0 Å². The Balaban J connectivity index is 1.51. The SMILES string of the molecule is Cc1ccccc1NC(=O)Nc1ncc(N2CCC(CCCCCN)CC2)c(=O)[nH]1. The van der Waals surface area contributed by atoms with Crippen LogP contribution < -0.4 is 26.8 Å². The number of rotatable bonds is 8. The summed E-state index contributed by atoms with van der Waals surface area (Å²) in [4.78, 5) is 33.7. The summed E-state index contributed by atoms with van der Waals surface area (Å²) in [5, 5.41) is 5.34. The monoisotopic (exact) mass is 412 g/mol. The Bertz CT molecular complexity index is 889. The van der Waals surface area contributed by atoms with Crippen molar-refractivity contribution in [2.75, 3.05) is 35.2 Å². The molecule has 8 nitrogen and oxygen atoms in total. The Hall–Kier alpha value is -2.87. The molecule has 5 N–H and O–H groups in total. The number of benzene rings is 1. The molecular formula is C22H32N6O2. The molecule has 1 fully saturated rings. The fourth-order valence-corrected chi connectivity index (χ4v) is 3.87. The quantitative estimate of drug-likeness (QED) is 0.496. The summed E-state index contributed by atoms with van der Waals surface area (Å²) in [6, 6.07) is 7.03. The molecule has 30 heavy (non-hydrogen) atoms. The van der Waals surface area contributed by atoms with Gasteiger partial charge in [-0.3, -0.25) is 15.1 Å². The number of anilines is 3. The van der Waals surface area contributed by atoms with Crippen LogP contribution >= 0.6 is 0 Å². The van der Waals surface area contributed by atoms with Crippen molar-refractivity contribution in [3.8, 4) is 0 Å². The van der Waals surface area contributed by atoms with Gasteiger partial charge in [-0.2, -0.15) is 0 Å². The van der Waals surface area contributed by atoms with Crippen LogP contribution in [0.25, 0.3) is 0 Å². The highest BCUT2D eigenvalue weighted by Crippen LogP contribution is 2.25. The van der Waals surface area contributed by atoms with Gasteiger partial charge in [0.2, 0.25) is 5.95 Å². The predicted octanol–water partition coefficient (Wildman–Crippen LogP) is 3.46. The van der Waals surface area contributed by atoms with E-state index < -0.39 is 6.03 Å². The first kappa shape index (κ1) is 21.8. The number of unbranched alkanes of at least 4 members (excludes halogenated alkanes) is 2. The number of carbonyl (C=O) groups is 1.